The zero-order valence-corrected chi connectivity index (χ0v) is 15.5. The maximum absolute atomic E-state index is 12.1. The van der Waals surface area contributed by atoms with Crippen LogP contribution in [0.5, 0.6) is 5.75 Å². The fraction of sp³-hybridized carbons (Fsp3) is 0.350. The molecule has 26 heavy (non-hydrogen) atoms. The second-order valence-electron chi connectivity index (χ2n) is 7.14. The number of amides is 1. The maximum Gasteiger partial charge on any atom is 0.272 e. The third kappa shape index (κ3) is 5.05. The van der Waals surface area contributed by atoms with Crippen LogP contribution in [0.15, 0.2) is 42.5 Å². The summed E-state index contributed by atoms with van der Waals surface area (Å²) < 4.78 is 5.63. The summed E-state index contributed by atoms with van der Waals surface area (Å²) in [5.74, 6) is 0.466. The molecule has 1 N–H and O–H groups in total. The normalized spacial score (nSPS) is 11.1. The van der Waals surface area contributed by atoms with Crippen molar-refractivity contribution >= 4 is 11.6 Å². The van der Waals surface area contributed by atoms with E-state index in [4.69, 9.17) is 4.74 Å². The molecule has 2 rings (SSSR count). The van der Waals surface area contributed by atoms with Gasteiger partial charge in [-0.05, 0) is 42.2 Å². The number of ether oxygens (including phenoxy) is 1. The van der Waals surface area contributed by atoms with Gasteiger partial charge in [0.1, 0.15) is 12.4 Å². The molecule has 0 aliphatic heterocycles. The summed E-state index contributed by atoms with van der Waals surface area (Å²) in [5.41, 5.74) is 2.17. The molecule has 0 aliphatic rings. The van der Waals surface area contributed by atoms with E-state index in [9.17, 15) is 14.9 Å². The van der Waals surface area contributed by atoms with Crippen molar-refractivity contribution in [3.05, 3.63) is 69.3 Å². The van der Waals surface area contributed by atoms with E-state index in [1.807, 2.05) is 24.3 Å². The molecule has 2 aromatic rings. The second-order valence-corrected chi connectivity index (χ2v) is 7.14. The number of hydrogen-bond donors (Lipinski definition) is 1. The van der Waals surface area contributed by atoms with Gasteiger partial charge >= 0.3 is 0 Å². The van der Waals surface area contributed by atoms with Crippen LogP contribution in [-0.2, 0) is 5.41 Å². The third-order valence-electron chi connectivity index (χ3n) is 4.03. The summed E-state index contributed by atoms with van der Waals surface area (Å²) >= 11 is 0. The monoisotopic (exact) mass is 356 g/mol. The molecule has 0 saturated heterocycles. The molecule has 0 heterocycles. The lowest BCUT2D eigenvalue weighted by atomic mass is 9.87. The first-order chi connectivity index (χ1) is 12.2. The molecular weight excluding hydrogens is 332 g/mol. The van der Waals surface area contributed by atoms with Crippen molar-refractivity contribution in [3.8, 4) is 5.75 Å². The fourth-order valence-electron chi connectivity index (χ4n) is 2.49. The Morgan fingerprint density at radius 1 is 1.15 bits per heavy atom. The lowest BCUT2D eigenvalue weighted by Gasteiger charge is -2.19. The summed E-state index contributed by atoms with van der Waals surface area (Å²) in [4.78, 5) is 22.5. The maximum atomic E-state index is 12.1. The predicted octanol–water partition coefficient (Wildman–Crippen LogP) is 4.01. The van der Waals surface area contributed by atoms with Crippen LogP contribution < -0.4 is 10.1 Å². The van der Waals surface area contributed by atoms with Crippen LogP contribution in [0.4, 0.5) is 5.69 Å². The van der Waals surface area contributed by atoms with Gasteiger partial charge in [0.05, 0.1) is 11.5 Å². The molecule has 0 saturated carbocycles. The molecule has 0 aromatic heterocycles. The van der Waals surface area contributed by atoms with Crippen molar-refractivity contribution in [2.45, 2.75) is 33.1 Å². The van der Waals surface area contributed by atoms with E-state index in [1.165, 1.54) is 23.8 Å². The molecule has 0 unspecified atom stereocenters. The van der Waals surface area contributed by atoms with Crippen molar-refractivity contribution in [2.75, 3.05) is 13.2 Å². The number of nitrogens with zero attached hydrogens (tertiary/aromatic N) is 1. The Kier molecular flexibility index (Phi) is 5.97. The van der Waals surface area contributed by atoms with Crippen molar-refractivity contribution in [2.24, 2.45) is 0 Å². The van der Waals surface area contributed by atoms with Crippen LogP contribution in [0.25, 0.3) is 0 Å². The molecule has 0 fully saturated rings. The molecule has 2 aromatic carbocycles. The highest BCUT2D eigenvalue weighted by atomic mass is 16.6. The van der Waals surface area contributed by atoms with Gasteiger partial charge in [-0.2, -0.15) is 0 Å². The van der Waals surface area contributed by atoms with E-state index < -0.39 is 4.92 Å². The van der Waals surface area contributed by atoms with Crippen molar-refractivity contribution in [1.82, 2.24) is 5.32 Å². The number of nitrogens with one attached hydrogen (secondary N) is 1. The van der Waals surface area contributed by atoms with E-state index >= 15 is 0 Å². The largest absolute Gasteiger partial charge is 0.492 e. The van der Waals surface area contributed by atoms with Gasteiger partial charge in [0.2, 0.25) is 0 Å². The van der Waals surface area contributed by atoms with Crippen LogP contribution >= 0.6 is 0 Å². The topological polar surface area (TPSA) is 81.5 Å². The van der Waals surface area contributed by atoms with Crippen molar-refractivity contribution in [1.29, 1.82) is 0 Å². The molecule has 6 heteroatoms. The van der Waals surface area contributed by atoms with Crippen LogP contribution in [-0.4, -0.2) is 24.0 Å². The molecular formula is C20H24N2O4. The lowest BCUT2D eigenvalue weighted by Crippen LogP contribution is -2.28. The molecule has 0 radical (unpaired) electrons. The zero-order valence-electron chi connectivity index (χ0n) is 15.5. The van der Waals surface area contributed by atoms with Crippen molar-refractivity contribution < 1.29 is 14.5 Å². The van der Waals surface area contributed by atoms with Crippen LogP contribution in [0.1, 0.15) is 42.3 Å². The second kappa shape index (κ2) is 7.99. The standard InChI is InChI=1S/C20H24N2O4/c1-14-13-15(5-10-18(14)22(24)25)19(23)21-11-12-26-17-8-6-16(7-9-17)20(2,3)4/h5-10,13H,11-12H2,1-4H3,(H,21,23). The fourth-order valence-corrected chi connectivity index (χ4v) is 2.49. The number of nitro benzene ring substituents is 1. The van der Waals surface area contributed by atoms with Gasteiger partial charge in [0.25, 0.3) is 11.6 Å². The Morgan fingerprint density at radius 2 is 1.81 bits per heavy atom. The Bertz CT molecular complexity index is 792. The SMILES string of the molecule is Cc1cc(C(=O)NCCOc2ccc(C(C)(C)C)cc2)ccc1[N+](=O)[O-]. The number of carbonyl (C=O) groups excluding carboxylic acids is 1. The Morgan fingerprint density at radius 3 is 2.35 bits per heavy atom. The number of rotatable bonds is 6. The summed E-state index contributed by atoms with van der Waals surface area (Å²) in [6, 6.07) is 12.2. The molecule has 6 nitrogen and oxygen atoms in total. The number of nitro groups is 1. The minimum Gasteiger partial charge on any atom is -0.492 e. The quantitative estimate of drug-likeness (QED) is 0.482. The van der Waals surface area contributed by atoms with Gasteiger partial charge in [-0.25, -0.2) is 0 Å². The Hall–Kier alpha value is -2.89. The van der Waals surface area contributed by atoms with Crippen LogP contribution in [0.2, 0.25) is 0 Å². The molecule has 1 amide bonds. The Labute approximate surface area is 153 Å². The first kappa shape index (κ1) is 19.4. The van der Waals surface area contributed by atoms with E-state index in [-0.39, 0.29) is 17.0 Å². The summed E-state index contributed by atoms with van der Waals surface area (Å²) in [6.45, 7) is 8.75. The first-order valence-corrected chi connectivity index (χ1v) is 8.45. The zero-order chi connectivity index (χ0) is 19.3. The van der Waals surface area contributed by atoms with Gasteiger partial charge in [0.15, 0.2) is 0 Å². The summed E-state index contributed by atoms with van der Waals surface area (Å²) in [5, 5.41) is 13.6. The molecule has 0 aliphatic carbocycles. The van der Waals surface area contributed by atoms with E-state index in [1.54, 1.807) is 6.92 Å². The first-order valence-electron chi connectivity index (χ1n) is 8.45. The predicted molar refractivity (Wildman–Crippen MR) is 101 cm³/mol. The molecule has 0 bridgehead atoms. The number of carbonyl (C=O) groups is 1. The van der Waals surface area contributed by atoms with Crippen LogP contribution in [0, 0.1) is 17.0 Å². The number of benzene rings is 2. The smallest absolute Gasteiger partial charge is 0.272 e. The average molecular weight is 356 g/mol. The van der Waals surface area contributed by atoms with Gasteiger partial charge in [-0.3, -0.25) is 14.9 Å². The number of hydrogen-bond acceptors (Lipinski definition) is 4. The van der Waals surface area contributed by atoms with Gasteiger partial charge in [-0.15, -0.1) is 0 Å². The third-order valence-corrected chi connectivity index (χ3v) is 4.03. The highest BCUT2D eigenvalue weighted by Crippen LogP contribution is 2.24. The highest BCUT2D eigenvalue weighted by Gasteiger charge is 2.14. The number of aryl methyl sites for hydroxylation is 1. The van der Waals surface area contributed by atoms with Gasteiger partial charge in [-0.1, -0.05) is 32.9 Å². The van der Waals surface area contributed by atoms with Gasteiger partial charge < -0.3 is 10.1 Å². The van der Waals surface area contributed by atoms with E-state index in [0.29, 0.717) is 24.3 Å². The average Bonchev–Trinajstić information content (AvgIpc) is 2.57. The molecule has 138 valence electrons. The molecule has 0 spiro atoms. The minimum absolute atomic E-state index is 0.00332. The molecule has 0 atom stereocenters. The minimum atomic E-state index is -0.463. The van der Waals surface area contributed by atoms with Gasteiger partial charge in [0, 0.05) is 17.2 Å². The van der Waals surface area contributed by atoms with E-state index in [0.717, 1.165) is 5.75 Å². The highest BCUT2D eigenvalue weighted by molar-refractivity contribution is 5.94. The summed E-state index contributed by atoms with van der Waals surface area (Å²) in [6.07, 6.45) is 0. The van der Waals surface area contributed by atoms with E-state index in [2.05, 4.69) is 26.1 Å². The Balaban J connectivity index is 1.83. The summed E-state index contributed by atoms with van der Waals surface area (Å²) in [7, 11) is 0. The van der Waals surface area contributed by atoms with Crippen LogP contribution in [0.3, 0.4) is 0 Å². The van der Waals surface area contributed by atoms with Crippen molar-refractivity contribution in [3.63, 3.8) is 0 Å². The lowest BCUT2D eigenvalue weighted by molar-refractivity contribution is -0.385.